The molecule has 3 atom stereocenters. The number of rotatable bonds is 7. The average Bonchev–Trinajstić information content (AvgIpc) is 2.83. The number of fused-ring (bicyclic) bond motifs is 1. The van der Waals surface area contributed by atoms with Gasteiger partial charge in [0, 0.05) is 12.6 Å². The van der Waals surface area contributed by atoms with Gasteiger partial charge in [0.1, 0.15) is 0 Å². The second kappa shape index (κ2) is 5.50. The summed E-state index contributed by atoms with van der Waals surface area (Å²) < 4.78 is 0. The highest BCUT2D eigenvalue weighted by Crippen LogP contribution is 2.54. The van der Waals surface area contributed by atoms with E-state index in [1.54, 1.807) is 6.42 Å². The van der Waals surface area contributed by atoms with Crippen LogP contribution in [0.2, 0.25) is 0 Å². The Morgan fingerprint density at radius 2 is 1.69 bits per heavy atom. The molecule has 2 N–H and O–H groups in total. The van der Waals surface area contributed by atoms with Crippen molar-refractivity contribution in [1.82, 2.24) is 10.6 Å². The van der Waals surface area contributed by atoms with Crippen LogP contribution in [0.15, 0.2) is 0 Å². The standard InChI is InChI=1S/C14H28N2/c1-10(2)7-15-8-11(3)16-9-12-4-13-6-14(13)5-12/h10-16H,4-9H2,1-3H3. The topological polar surface area (TPSA) is 24.1 Å². The SMILES string of the molecule is CC(C)CNCC(C)NCC1CC2CC2C1. The van der Waals surface area contributed by atoms with Crippen molar-refractivity contribution in [1.29, 1.82) is 0 Å². The van der Waals surface area contributed by atoms with E-state index in [1.807, 2.05) is 0 Å². The van der Waals surface area contributed by atoms with Crippen LogP contribution in [-0.4, -0.2) is 25.7 Å². The molecule has 0 aromatic rings. The van der Waals surface area contributed by atoms with Crippen LogP contribution in [0.4, 0.5) is 0 Å². The van der Waals surface area contributed by atoms with Crippen molar-refractivity contribution >= 4 is 0 Å². The predicted molar refractivity (Wildman–Crippen MR) is 69.5 cm³/mol. The molecule has 94 valence electrons. The van der Waals surface area contributed by atoms with Crippen molar-refractivity contribution < 1.29 is 0 Å². The highest BCUT2D eigenvalue weighted by Gasteiger charge is 2.45. The van der Waals surface area contributed by atoms with Gasteiger partial charge in [-0.05, 0) is 62.9 Å². The third-order valence-electron chi connectivity index (χ3n) is 4.10. The minimum absolute atomic E-state index is 0.621. The maximum atomic E-state index is 3.68. The first-order chi connectivity index (χ1) is 7.65. The fourth-order valence-corrected chi connectivity index (χ4v) is 3.04. The molecule has 0 aliphatic heterocycles. The van der Waals surface area contributed by atoms with Gasteiger partial charge in [0.15, 0.2) is 0 Å². The Balaban J connectivity index is 1.48. The zero-order chi connectivity index (χ0) is 11.5. The predicted octanol–water partition coefficient (Wildman–Crippen LogP) is 2.26. The quantitative estimate of drug-likeness (QED) is 0.693. The van der Waals surface area contributed by atoms with Gasteiger partial charge in [-0.1, -0.05) is 13.8 Å². The van der Waals surface area contributed by atoms with Gasteiger partial charge in [-0.2, -0.15) is 0 Å². The van der Waals surface area contributed by atoms with Gasteiger partial charge in [-0.25, -0.2) is 0 Å². The summed E-state index contributed by atoms with van der Waals surface area (Å²) in [6.45, 7) is 10.3. The lowest BCUT2D eigenvalue weighted by molar-refractivity contribution is 0.401. The molecule has 2 nitrogen and oxygen atoms in total. The first kappa shape index (κ1) is 12.4. The molecular weight excluding hydrogens is 196 g/mol. The summed E-state index contributed by atoms with van der Waals surface area (Å²) in [4.78, 5) is 0. The molecule has 2 fully saturated rings. The second-order valence-electron chi connectivity index (χ2n) is 6.45. The Labute approximate surface area is 101 Å². The van der Waals surface area contributed by atoms with E-state index < -0.39 is 0 Å². The summed E-state index contributed by atoms with van der Waals surface area (Å²) in [5.41, 5.74) is 0. The molecule has 16 heavy (non-hydrogen) atoms. The van der Waals surface area contributed by atoms with E-state index in [4.69, 9.17) is 0 Å². The lowest BCUT2D eigenvalue weighted by Gasteiger charge is -2.19. The third-order valence-corrected chi connectivity index (χ3v) is 4.10. The van der Waals surface area contributed by atoms with Gasteiger partial charge < -0.3 is 10.6 Å². The minimum Gasteiger partial charge on any atom is -0.315 e. The fourth-order valence-electron chi connectivity index (χ4n) is 3.04. The molecule has 0 spiro atoms. The maximum Gasteiger partial charge on any atom is 0.0164 e. The van der Waals surface area contributed by atoms with Crippen molar-refractivity contribution in [3.8, 4) is 0 Å². The van der Waals surface area contributed by atoms with Crippen LogP contribution in [0.5, 0.6) is 0 Å². The Morgan fingerprint density at radius 3 is 2.31 bits per heavy atom. The van der Waals surface area contributed by atoms with Crippen molar-refractivity contribution in [3.05, 3.63) is 0 Å². The van der Waals surface area contributed by atoms with Gasteiger partial charge in [0.25, 0.3) is 0 Å². The molecular formula is C14H28N2. The van der Waals surface area contributed by atoms with E-state index in [2.05, 4.69) is 31.4 Å². The van der Waals surface area contributed by atoms with Crippen LogP contribution >= 0.6 is 0 Å². The molecule has 0 heterocycles. The molecule has 2 rings (SSSR count). The molecule has 2 saturated carbocycles. The van der Waals surface area contributed by atoms with E-state index in [9.17, 15) is 0 Å². The van der Waals surface area contributed by atoms with Crippen molar-refractivity contribution in [2.45, 2.75) is 46.1 Å². The molecule has 0 radical (unpaired) electrons. The smallest absolute Gasteiger partial charge is 0.0164 e. The molecule has 2 aliphatic rings. The summed E-state index contributed by atoms with van der Waals surface area (Å²) in [6.07, 6.45) is 4.55. The summed E-state index contributed by atoms with van der Waals surface area (Å²) >= 11 is 0. The largest absolute Gasteiger partial charge is 0.315 e. The van der Waals surface area contributed by atoms with Gasteiger partial charge in [0.05, 0.1) is 0 Å². The minimum atomic E-state index is 0.621. The zero-order valence-corrected chi connectivity index (χ0v) is 11.1. The Morgan fingerprint density at radius 1 is 1.00 bits per heavy atom. The van der Waals surface area contributed by atoms with E-state index in [1.165, 1.54) is 19.4 Å². The van der Waals surface area contributed by atoms with Gasteiger partial charge in [-0.15, -0.1) is 0 Å². The first-order valence-electron chi connectivity index (χ1n) is 7.09. The second-order valence-corrected chi connectivity index (χ2v) is 6.45. The van der Waals surface area contributed by atoms with E-state index >= 15 is 0 Å². The summed E-state index contributed by atoms with van der Waals surface area (Å²) in [6, 6.07) is 0.621. The Bertz CT molecular complexity index is 205. The molecule has 2 heteroatoms. The Hall–Kier alpha value is -0.0800. The van der Waals surface area contributed by atoms with E-state index in [0.717, 1.165) is 36.8 Å². The van der Waals surface area contributed by atoms with Crippen molar-refractivity contribution in [2.24, 2.45) is 23.7 Å². The highest BCUT2D eigenvalue weighted by molar-refractivity contribution is 4.96. The van der Waals surface area contributed by atoms with Gasteiger partial charge in [-0.3, -0.25) is 0 Å². The highest BCUT2D eigenvalue weighted by atomic mass is 15.0. The molecule has 0 aromatic carbocycles. The summed E-state index contributed by atoms with van der Waals surface area (Å²) in [7, 11) is 0. The van der Waals surface area contributed by atoms with Crippen LogP contribution < -0.4 is 10.6 Å². The normalized spacial score (nSPS) is 34.1. The number of hydrogen-bond acceptors (Lipinski definition) is 2. The monoisotopic (exact) mass is 224 g/mol. The lowest BCUT2D eigenvalue weighted by Crippen LogP contribution is -2.39. The zero-order valence-electron chi connectivity index (χ0n) is 11.1. The van der Waals surface area contributed by atoms with E-state index in [-0.39, 0.29) is 0 Å². The third kappa shape index (κ3) is 3.74. The molecule has 0 bridgehead atoms. The molecule has 0 amide bonds. The number of nitrogens with one attached hydrogen (secondary N) is 2. The van der Waals surface area contributed by atoms with Gasteiger partial charge in [0.2, 0.25) is 0 Å². The van der Waals surface area contributed by atoms with Crippen LogP contribution in [0.1, 0.15) is 40.0 Å². The van der Waals surface area contributed by atoms with E-state index in [0.29, 0.717) is 6.04 Å². The van der Waals surface area contributed by atoms with Crippen LogP contribution in [0, 0.1) is 23.7 Å². The lowest BCUT2D eigenvalue weighted by atomic mass is 10.0. The fraction of sp³-hybridized carbons (Fsp3) is 1.00. The van der Waals surface area contributed by atoms with Gasteiger partial charge >= 0.3 is 0 Å². The first-order valence-corrected chi connectivity index (χ1v) is 7.09. The molecule has 0 saturated heterocycles. The average molecular weight is 224 g/mol. The Kier molecular flexibility index (Phi) is 4.26. The molecule has 3 unspecified atom stereocenters. The van der Waals surface area contributed by atoms with Crippen LogP contribution in [0.25, 0.3) is 0 Å². The van der Waals surface area contributed by atoms with Crippen molar-refractivity contribution in [3.63, 3.8) is 0 Å². The summed E-state index contributed by atoms with van der Waals surface area (Å²) in [5.74, 6) is 3.99. The van der Waals surface area contributed by atoms with Crippen LogP contribution in [-0.2, 0) is 0 Å². The number of hydrogen-bond donors (Lipinski definition) is 2. The molecule has 0 aromatic heterocycles. The maximum absolute atomic E-state index is 3.68. The van der Waals surface area contributed by atoms with Crippen molar-refractivity contribution in [2.75, 3.05) is 19.6 Å². The molecule has 2 aliphatic carbocycles. The van der Waals surface area contributed by atoms with Crippen LogP contribution in [0.3, 0.4) is 0 Å². The summed E-state index contributed by atoms with van der Waals surface area (Å²) in [5, 5.41) is 7.19.